The molecular weight excluding hydrogens is 282 g/mol. The molecule has 0 aromatic heterocycles. The zero-order valence-electron chi connectivity index (χ0n) is 13.5. The molecule has 0 saturated heterocycles. The van der Waals surface area contributed by atoms with Crippen LogP contribution >= 0.6 is 0 Å². The number of hydrogen-bond acceptors (Lipinski definition) is 5. The largest absolute Gasteiger partial charge is 0.493 e. The lowest BCUT2D eigenvalue weighted by molar-refractivity contribution is -0.148. The molecular formula is C17H25NO4. The fourth-order valence-corrected chi connectivity index (χ4v) is 3.11. The fourth-order valence-electron chi connectivity index (χ4n) is 3.11. The van der Waals surface area contributed by atoms with E-state index in [-0.39, 0.29) is 24.0 Å². The van der Waals surface area contributed by atoms with E-state index >= 15 is 0 Å². The number of benzene rings is 1. The van der Waals surface area contributed by atoms with E-state index in [1.165, 1.54) is 6.92 Å². The van der Waals surface area contributed by atoms with E-state index in [2.05, 4.69) is 0 Å². The predicted octanol–water partition coefficient (Wildman–Crippen LogP) is 2.62. The highest BCUT2D eigenvalue weighted by Crippen LogP contribution is 2.37. The summed E-state index contributed by atoms with van der Waals surface area (Å²) in [5.41, 5.74) is 7.46. The first-order valence-corrected chi connectivity index (χ1v) is 7.78. The number of esters is 1. The fraction of sp³-hybridized carbons (Fsp3) is 0.588. The summed E-state index contributed by atoms with van der Waals surface area (Å²) in [6.07, 6.45) is 2.37. The summed E-state index contributed by atoms with van der Waals surface area (Å²) in [5, 5.41) is 0. The van der Waals surface area contributed by atoms with E-state index in [1.54, 1.807) is 7.11 Å². The summed E-state index contributed by atoms with van der Waals surface area (Å²) in [4.78, 5) is 11.1. The molecule has 0 amide bonds. The second-order valence-electron chi connectivity index (χ2n) is 5.66. The second kappa shape index (κ2) is 7.49. The highest BCUT2D eigenvalue weighted by molar-refractivity contribution is 5.66. The average molecular weight is 307 g/mol. The normalized spacial score (nSPS) is 24.6. The van der Waals surface area contributed by atoms with E-state index < -0.39 is 0 Å². The van der Waals surface area contributed by atoms with Crippen LogP contribution in [0.5, 0.6) is 11.5 Å². The number of methoxy groups -OCH3 is 1. The maximum atomic E-state index is 11.1. The van der Waals surface area contributed by atoms with Crippen LogP contribution in [-0.2, 0) is 9.53 Å². The number of carbonyl (C=O) groups is 1. The summed E-state index contributed by atoms with van der Waals surface area (Å²) >= 11 is 0. The van der Waals surface area contributed by atoms with E-state index in [0.29, 0.717) is 13.0 Å². The van der Waals surface area contributed by atoms with Crippen LogP contribution in [0.1, 0.15) is 44.6 Å². The molecule has 0 heterocycles. The molecule has 1 saturated carbocycles. The summed E-state index contributed by atoms with van der Waals surface area (Å²) in [6, 6.07) is 5.95. The number of hydrogen-bond donors (Lipinski definition) is 1. The Bertz CT molecular complexity index is 517. The Morgan fingerprint density at radius 3 is 2.68 bits per heavy atom. The minimum atomic E-state index is -0.237. The Labute approximate surface area is 131 Å². The third-order valence-electron chi connectivity index (χ3n) is 4.10. The van der Waals surface area contributed by atoms with Crippen molar-refractivity contribution in [2.24, 2.45) is 5.73 Å². The first kappa shape index (κ1) is 16.6. The molecule has 3 unspecified atom stereocenters. The van der Waals surface area contributed by atoms with Gasteiger partial charge in [0.2, 0.25) is 0 Å². The molecule has 3 atom stereocenters. The summed E-state index contributed by atoms with van der Waals surface area (Å²) in [5.74, 6) is 1.49. The SMILES string of the molecule is CCOc1cc(C2CCC(OC(C)=O)CC2N)ccc1OC. The minimum Gasteiger partial charge on any atom is -0.493 e. The van der Waals surface area contributed by atoms with Crippen molar-refractivity contribution in [1.82, 2.24) is 0 Å². The molecule has 1 aromatic carbocycles. The monoisotopic (exact) mass is 307 g/mol. The molecule has 1 aliphatic carbocycles. The lowest BCUT2D eigenvalue weighted by Crippen LogP contribution is -2.38. The summed E-state index contributed by atoms with van der Waals surface area (Å²) in [7, 11) is 1.63. The molecule has 1 fully saturated rings. The molecule has 0 spiro atoms. The Morgan fingerprint density at radius 2 is 2.09 bits per heavy atom. The van der Waals surface area contributed by atoms with Crippen LogP contribution in [0, 0.1) is 0 Å². The van der Waals surface area contributed by atoms with Crippen molar-refractivity contribution in [2.75, 3.05) is 13.7 Å². The second-order valence-corrected chi connectivity index (χ2v) is 5.66. The molecule has 2 N–H and O–H groups in total. The van der Waals surface area contributed by atoms with Crippen LogP contribution in [0.25, 0.3) is 0 Å². The van der Waals surface area contributed by atoms with Gasteiger partial charge in [-0.25, -0.2) is 0 Å². The van der Waals surface area contributed by atoms with Crippen molar-refractivity contribution in [1.29, 1.82) is 0 Å². The van der Waals surface area contributed by atoms with Crippen molar-refractivity contribution in [3.8, 4) is 11.5 Å². The van der Waals surface area contributed by atoms with Gasteiger partial charge in [0, 0.05) is 19.4 Å². The molecule has 5 heteroatoms. The molecule has 0 radical (unpaired) electrons. The van der Waals surface area contributed by atoms with Gasteiger partial charge < -0.3 is 19.9 Å². The van der Waals surface area contributed by atoms with Crippen LogP contribution in [-0.4, -0.2) is 31.8 Å². The van der Waals surface area contributed by atoms with Gasteiger partial charge >= 0.3 is 5.97 Å². The van der Waals surface area contributed by atoms with Crippen LogP contribution in [0.15, 0.2) is 18.2 Å². The van der Waals surface area contributed by atoms with Gasteiger partial charge in [-0.05, 0) is 43.4 Å². The van der Waals surface area contributed by atoms with Crippen LogP contribution in [0.3, 0.4) is 0 Å². The number of carbonyl (C=O) groups excluding carboxylic acids is 1. The van der Waals surface area contributed by atoms with Crippen LogP contribution in [0.4, 0.5) is 0 Å². The first-order chi connectivity index (χ1) is 10.5. The first-order valence-electron chi connectivity index (χ1n) is 7.78. The maximum Gasteiger partial charge on any atom is 0.302 e. The maximum absolute atomic E-state index is 11.1. The molecule has 122 valence electrons. The molecule has 1 aromatic rings. The molecule has 0 bridgehead atoms. The number of nitrogens with two attached hydrogens (primary N) is 1. The van der Waals surface area contributed by atoms with Crippen molar-refractivity contribution < 1.29 is 19.0 Å². The summed E-state index contributed by atoms with van der Waals surface area (Å²) < 4.78 is 16.2. The average Bonchev–Trinajstić information content (AvgIpc) is 2.47. The Morgan fingerprint density at radius 1 is 1.32 bits per heavy atom. The number of rotatable bonds is 5. The Balaban J connectivity index is 2.11. The minimum absolute atomic E-state index is 0.0269. The van der Waals surface area contributed by atoms with E-state index in [1.807, 2.05) is 25.1 Å². The summed E-state index contributed by atoms with van der Waals surface area (Å²) in [6.45, 7) is 3.97. The van der Waals surface area contributed by atoms with Crippen molar-refractivity contribution in [3.05, 3.63) is 23.8 Å². The number of ether oxygens (including phenoxy) is 3. The highest BCUT2D eigenvalue weighted by atomic mass is 16.5. The smallest absolute Gasteiger partial charge is 0.302 e. The van der Waals surface area contributed by atoms with Gasteiger partial charge in [-0.1, -0.05) is 6.07 Å². The zero-order chi connectivity index (χ0) is 16.1. The molecule has 5 nitrogen and oxygen atoms in total. The van der Waals surface area contributed by atoms with Gasteiger partial charge in [-0.3, -0.25) is 4.79 Å². The van der Waals surface area contributed by atoms with Gasteiger partial charge in [-0.15, -0.1) is 0 Å². The van der Waals surface area contributed by atoms with E-state index in [4.69, 9.17) is 19.9 Å². The van der Waals surface area contributed by atoms with Gasteiger partial charge in [0.1, 0.15) is 6.10 Å². The lowest BCUT2D eigenvalue weighted by Gasteiger charge is -2.34. The van der Waals surface area contributed by atoms with Gasteiger partial charge in [0.15, 0.2) is 11.5 Å². The standard InChI is InChI=1S/C17H25NO4/c1-4-21-17-9-12(5-8-16(17)20-3)14-7-6-13(10-15(14)18)22-11(2)19/h5,8-9,13-15H,4,6-7,10,18H2,1-3H3. The van der Waals surface area contributed by atoms with E-state index in [0.717, 1.165) is 29.9 Å². The lowest BCUT2D eigenvalue weighted by atomic mass is 9.79. The van der Waals surface area contributed by atoms with Gasteiger partial charge in [0.05, 0.1) is 13.7 Å². The van der Waals surface area contributed by atoms with Crippen molar-refractivity contribution in [2.45, 2.75) is 51.2 Å². The van der Waals surface area contributed by atoms with Gasteiger partial charge in [0.25, 0.3) is 0 Å². The highest BCUT2D eigenvalue weighted by Gasteiger charge is 2.31. The van der Waals surface area contributed by atoms with Gasteiger partial charge in [-0.2, -0.15) is 0 Å². The molecule has 2 rings (SSSR count). The molecule has 1 aliphatic rings. The molecule has 0 aliphatic heterocycles. The Kier molecular flexibility index (Phi) is 5.66. The van der Waals surface area contributed by atoms with Crippen LogP contribution < -0.4 is 15.2 Å². The quantitative estimate of drug-likeness (QED) is 0.847. The van der Waals surface area contributed by atoms with Crippen LogP contribution in [0.2, 0.25) is 0 Å². The third-order valence-corrected chi connectivity index (χ3v) is 4.10. The topological polar surface area (TPSA) is 70.8 Å². The predicted molar refractivity (Wildman–Crippen MR) is 84.3 cm³/mol. The van der Waals surface area contributed by atoms with E-state index in [9.17, 15) is 4.79 Å². The Hall–Kier alpha value is -1.75. The molecule has 22 heavy (non-hydrogen) atoms. The van der Waals surface area contributed by atoms with Crippen molar-refractivity contribution in [3.63, 3.8) is 0 Å². The zero-order valence-corrected chi connectivity index (χ0v) is 13.5. The third kappa shape index (κ3) is 3.91. The van der Waals surface area contributed by atoms with Crippen molar-refractivity contribution >= 4 is 5.97 Å².